The van der Waals surface area contributed by atoms with Crippen LogP contribution in [0.5, 0.6) is 0 Å². The van der Waals surface area contributed by atoms with E-state index in [1.165, 1.54) is 0 Å². The Kier molecular flexibility index (Phi) is 3.71. The van der Waals surface area contributed by atoms with E-state index in [2.05, 4.69) is 9.69 Å². The van der Waals surface area contributed by atoms with Gasteiger partial charge < -0.3 is 5.32 Å². The minimum absolute atomic E-state index is 0.138. The third kappa shape index (κ3) is 3.03. The van der Waals surface area contributed by atoms with Crippen molar-refractivity contribution in [2.24, 2.45) is 0 Å². The second-order valence-corrected chi connectivity index (χ2v) is 4.46. The van der Waals surface area contributed by atoms with Crippen LogP contribution in [-0.2, 0) is 12.7 Å². The predicted octanol–water partition coefficient (Wildman–Crippen LogP) is 3.65. The molecule has 1 N–H and O–H groups in total. The Balaban J connectivity index is 2.18. The summed E-state index contributed by atoms with van der Waals surface area (Å²) >= 11 is 0.643. The van der Waals surface area contributed by atoms with Crippen molar-refractivity contribution in [2.45, 2.75) is 12.7 Å². The molecular weight excluding hydrogens is 275 g/mol. The van der Waals surface area contributed by atoms with Gasteiger partial charge in [0.2, 0.25) is 0 Å². The van der Waals surface area contributed by atoms with Gasteiger partial charge in [0.1, 0.15) is 16.6 Å². The molecule has 0 spiro atoms. The molecule has 3 nitrogen and oxygen atoms in total. The molecule has 0 aliphatic rings. The van der Waals surface area contributed by atoms with Gasteiger partial charge in [-0.05, 0) is 17.1 Å². The van der Waals surface area contributed by atoms with E-state index in [1.807, 2.05) is 30.3 Å². The summed E-state index contributed by atoms with van der Waals surface area (Å²) in [5, 5.41) is 11.8. The van der Waals surface area contributed by atoms with Crippen LogP contribution in [0, 0.1) is 11.3 Å². The third-order valence-electron chi connectivity index (χ3n) is 2.37. The predicted molar refractivity (Wildman–Crippen MR) is 65.6 cm³/mol. The van der Waals surface area contributed by atoms with Crippen molar-refractivity contribution in [1.29, 1.82) is 5.26 Å². The normalized spacial score (nSPS) is 11.1. The molecule has 0 unspecified atom stereocenters. The van der Waals surface area contributed by atoms with Crippen LogP contribution in [0.3, 0.4) is 0 Å². The van der Waals surface area contributed by atoms with E-state index in [9.17, 15) is 13.2 Å². The zero-order valence-corrected chi connectivity index (χ0v) is 10.3. The van der Waals surface area contributed by atoms with Crippen molar-refractivity contribution in [2.75, 3.05) is 5.32 Å². The Hall–Kier alpha value is -2.07. The number of nitrogens with one attached hydrogen (secondary N) is 1. The molecule has 98 valence electrons. The van der Waals surface area contributed by atoms with Crippen molar-refractivity contribution < 1.29 is 13.2 Å². The summed E-state index contributed by atoms with van der Waals surface area (Å²) in [6.45, 7) is 0.342. The topological polar surface area (TPSA) is 48.7 Å². The van der Waals surface area contributed by atoms with Crippen LogP contribution in [0.15, 0.2) is 30.3 Å². The van der Waals surface area contributed by atoms with Gasteiger partial charge in [-0.25, -0.2) is 0 Å². The molecule has 0 aliphatic carbocycles. The van der Waals surface area contributed by atoms with E-state index in [1.54, 1.807) is 6.07 Å². The highest BCUT2D eigenvalue weighted by molar-refractivity contribution is 7.10. The first kappa shape index (κ1) is 13.4. The number of alkyl halides is 3. The summed E-state index contributed by atoms with van der Waals surface area (Å²) in [5.74, 6) is 0. The molecule has 0 fully saturated rings. The molecule has 2 aromatic rings. The van der Waals surface area contributed by atoms with Gasteiger partial charge in [0.25, 0.3) is 0 Å². The van der Waals surface area contributed by atoms with Crippen LogP contribution in [0.2, 0.25) is 0 Å². The van der Waals surface area contributed by atoms with Crippen LogP contribution in [0.25, 0.3) is 0 Å². The SMILES string of the molecule is N#Cc1c(C(F)(F)F)nsc1NCc1ccccc1. The molecular formula is C12H8F3N3S. The smallest absolute Gasteiger partial charge is 0.370 e. The van der Waals surface area contributed by atoms with Crippen molar-refractivity contribution in [1.82, 2.24) is 4.37 Å². The lowest BCUT2D eigenvalue weighted by Crippen LogP contribution is -2.08. The molecule has 19 heavy (non-hydrogen) atoms. The van der Waals surface area contributed by atoms with Gasteiger partial charge in [-0.3, -0.25) is 0 Å². The molecule has 0 amide bonds. The maximum atomic E-state index is 12.6. The number of anilines is 1. The largest absolute Gasteiger partial charge is 0.435 e. The van der Waals surface area contributed by atoms with Crippen LogP contribution in [0.1, 0.15) is 16.8 Å². The summed E-state index contributed by atoms with van der Waals surface area (Å²) in [5.41, 5.74) is -0.669. The number of hydrogen-bond acceptors (Lipinski definition) is 4. The average molecular weight is 283 g/mol. The maximum Gasteiger partial charge on any atom is 0.435 e. The van der Waals surface area contributed by atoms with E-state index >= 15 is 0 Å². The lowest BCUT2D eigenvalue weighted by molar-refractivity contribution is -0.140. The molecule has 0 saturated heterocycles. The monoisotopic (exact) mass is 283 g/mol. The Morgan fingerprint density at radius 1 is 1.26 bits per heavy atom. The van der Waals surface area contributed by atoms with E-state index in [0.717, 1.165) is 5.56 Å². The highest BCUT2D eigenvalue weighted by Crippen LogP contribution is 2.36. The summed E-state index contributed by atoms with van der Waals surface area (Å²) in [6, 6.07) is 10.7. The number of rotatable bonds is 3. The molecule has 0 atom stereocenters. The highest BCUT2D eigenvalue weighted by Gasteiger charge is 2.38. The molecule has 1 aromatic carbocycles. The Bertz CT molecular complexity index is 599. The zero-order valence-electron chi connectivity index (χ0n) is 9.53. The standard InChI is InChI=1S/C12H8F3N3S/c13-12(14,15)10-9(6-16)11(19-18-10)17-7-8-4-2-1-3-5-8/h1-5,17H,7H2. The lowest BCUT2D eigenvalue weighted by atomic mass is 10.2. The fourth-order valence-corrected chi connectivity index (χ4v) is 2.23. The second kappa shape index (κ2) is 5.28. The van der Waals surface area contributed by atoms with Gasteiger partial charge in [0.05, 0.1) is 0 Å². The van der Waals surface area contributed by atoms with Crippen molar-refractivity contribution in [3.8, 4) is 6.07 Å². The molecule has 1 aromatic heterocycles. The minimum atomic E-state index is -4.60. The summed E-state index contributed by atoms with van der Waals surface area (Å²) in [4.78, 5) is 0. The second-order valence-electron chi connectivity index (χ2n) is 3.68. The molecule has 0 saturated carbocycles. The Morgan fingerprint density at radius 3 is 2.53 bits per heavy atom. The van der Waals surface area contributed by atoms with Crippen LogP contribution < -0.4 is 5.32 Å². The van der Waals surface area contributed by atoms with Crippen molar-refractivity contribution in [3.63, 3.8) is 0 Å². The molecule has 0 bridgehead atoms. The number of hydrogen-bond donors (Lipinski definition) is 1. The average Bonchev–Trinajstić information content (AvgIpc) is 2.80. The summed E-state index contributed by atoms with van der Waals surface area (Å²) in [6.07, 6.45) is -4.60. The molecule has 0 aliphatic heterocycles. The van der Waals surface area contributed by atoms with E-state index < -0.39 is 17.4 Å². The molecule has 2 rings (SSSR count). The first-order valence-corrected chi connectivity index (χ1v) is 6.04. The minimum Gasteiger partial charge on any atom is -0.370 e. The maximum absolute atomic E-state index is 12.6. The first-order valence-electron chi connectivity index (χ1n) is 5.27. The molecule has 7 heteroatoms. The number of nitriles is 1. The zero-order chi connectivity index (χ0) is 13.9. The first-order chi connectivity index (χ1) is 9.02. The van der Waals surface area contributed by atoms with Gasteiger partial charge in [0, 0.05) is 6.54 Å². The van der Waals surface area contributed by atoms with Crippen LogP contribution in [0.4, 0.5) is 18.2 Å². The van der Waals surface area contributed by atoms with Gasteiger partial charge >= 0.3 is 6.18 Å². The Morgan fingerprint density at radius 2 is 1.95 bits per heavy atom. The van der Waals surface area contributed by atoms with Gasteiger partial charge in [0.15, 0.2) is 5.69 Å². The third-order valence-corrected chi connectivity index (χ3v) is 3.17. The lowest BCUT2D eigenvalue weighted by Gasteiger charge is -2.05. The Labute approximate surface area is 111 Å². The van der Waals surface area contributed by atoms with Gasteiger partial charge in [-0.1, -0.05) is 30.3 Å². The van der Waals surface area contributed by atoms with Crippen molar-refractivity contribution >= 4 is 16.5 Å². The number of halogens is 3. The van der Waals surface area contributed by atoms with E-state index in [0.29, 0.717) is 18.1 Å². The van der Waals surface area contributed by atoms with E-state index in [-0.39, 0.29) is 5.00 Å². The fraction of sp³-hybridized carbons (Fsp3) is 0.167. The van der Waals surface area contributed by atoms with Crippen molar-refractivity contribution in [3.05, 3.63) is 47.2 Å². The van der Waals surface area contributed by atoms with Gasteiger partial charge in [-0.2, -0.15) is 22.8 Å². The van der Waals surface area contributed by atoms with Crippen LogP contribution in [-0.4, -0.2) is 4.37 Å². The highest BCUT2D eigenvalue weighted by atomic mass is 32.1. The molecule has 0 radical (unpaired) electrons. The quantitative estimate of drug-likeness (QED) is 0.935. The van der Waals surface area contributed by atoms with E-state index in [4.69, 9.17) is 5.26 Å². The number of aromatic nitrogens is 1. The van der Waals surface area contributed by atoms with Crippen LogP contribution >= 0.6 is 11.5 Å². The molecule has 1 heterocycles. The number of benzene rings is 1. The summed E-state index contributed by atoms with van der Waals surface area (Å²) < 4.78 is 41.0. The fourth-order valence-electron chi connectivity index (χ4n) is 1.49. The van der Waals surface area contributed by atoms with Gasteiger partial charge in [-0.15, -0.1) is 0 Å². The number of nitrogens with zero attached hydrogens (tertiary/aromatic N) is 2. The summed E-state index contributed by atoms with van der Waals surface area (Å²) in [7, 11) is 0.